The Kier molecular flexibility index (Phi) is 6.20. The van der Waals surface area contributed by atoms with Gasteiger partial charge in [0.1, 0.15) is 23.6 Å². The van der Waals surface area contributed by atoms with Gasteiger partial charge in [-0.25, -0.2) is 23.2 Å². The summed E-state index contributed by atoms with van der Waals surface area (Å²) in [7, 11) is 1.61. The number of urea groups is 1. The van der Waals surface area contributed by atoms with E-state index in [1.165, 1.54) is 6.07 Å². The van der Waals surface area contributed by atoms with E-state index in [4.69, 9.17) is 4.74 Å². The van der Waals surface area contributed by atoms with Gasteiger partial charge >= 0.3 is 6.03 Å². The summed E-state index contributed by atoms with van der Waals surface area (Å²) in [6.07, 6.45) is 1.64. The lowest BCUT2D eigenvalue weighted by Gasteiger charge is -2.36. The number of methoxy groups -OCH3 is 1. The molecule has 0 saturated carbocycles. The van der Waals surface area contributed by atoms with Gasteiger partial charge in [-0.1, -0.05) is 6.07 Å². The van der Waals surface area contributed by atoms with Gasteiger partial charge in [0, 0.05) is 44.5 Å². The van der Waals surface area contributed by atoms with Crippen LogP contribution in [0.15, 0.2) is 42.7 Å². The summed E-state index contributed by atoms with van der Waals surface area (Å²) in [5, 5.41) is 7.09. The first kappa shape index (κ1) is 21.5. The molecular formula is C22H24F2N6O2. The van der Waals surface area contributed by atoms with Crippen LogP contribution in [-0.4, -0.2) is 59.0 Å². The number of amides is 2. The summed E-state index contributed by atoms with van der Waals surface area (Å²) in [5.74, 6) is -0.475. The molecule has 1 aliphatic rings. The van der Waals surface area contributed by atoms with Crippen LogP contribution >= 0.6 is 0 Å². The predicted molar refractivity (Wildman–Crippen MR) is 115 cm³/mol. The van der Waals surface area contributed by atoms with Crippen molar-refractivity contribution in [3.05, 3.63) is 65.7 Å². The lowest BCUT2D eigenvalue weighted by molar-refractivity contribution is 0.194. The van der Waals surface area contributed by atoms with Crippen molar-refractivity contribution in [3.8, 4) is 11.4 Å². The standard InChI is InChI=1S/C22H24F2N6O2/c1-15-26-14-30(27-15)20-6-4-17(12-21(20)32-2)28-7-9-29(10-8-28)22(31)25-13-16-3-5-18(23)19(24)11-16/h3-6,11-12,14H,7-10,13H2,1-2H3,(H,25,31). The zero-order valence-electron chi connectivity index (χ0n) is 17.9. The molecule has 8 nitrogen and oxygen atoms in total. The molecule has 2 amide bonds. The largest absolute Gasteiger partial charge is 0.494 e. The Morgan fingerprint density at radius 3 is 2.53 bits per heavy atom. The van der Waals surface area contributed by atoms with Gasteiger partial charge in [-0.3, -0.25) is 0 Å². The molecule has 2 heterocycles. The first-order valence-electron chi connectivity index (χ1n) is 10.2. The summed E-state index contributed by atoms with van der Waals surface area (Å²) in [6.45, 7) is 4.35. The molecule has 1 saturated heterocycles. The summed E-state index contributed by atoms with van der Waals surface area (Å²) in [6, 6.07) is 9.24. The van der Waals surface area contributed by atoms with Crippen molar-refractivity contribution in [2.75, 3.05) is 38.2 Å². The third kappa shape index (κ3) is 4.63. The molecule has 32 heavy (non-hydrogen) atoms. The highest BCUT2D eigenvalue weighted by Gasteiger charge is 2.22. The first-order chi connectivity index (χ1) is 15.4. The van der Waals surface area contributed by atoms with E-state index in [1.807, 2.05) is 25.1 Å². The fourth-order valence-electron chi connectivity index (χ4n) is 3.62. The highest BCUT2D eigenvalue weighted by atomic mass is 19.2. The van der Waals surface area contributed by atoms with E-state index >= 15 is 0 Å². The van der Waals surface area contributed by atoms with Crippen LogP contribution in [0.25, 0.3) is 5.69 Å². The van der Waals surface area contributed by atoms with E-state index in [1.54, 1.807) is 23.0 Å². The molecule has 1 aliphatic heterocycles. The highest BCUT2D eigenvalue weighted by molar-refractivity contribution is 5.74. The van der Waals surface area contributed by atoms with Gasteiger partial charge in [0.2, 0.25) is 0 Å². The van der Waals surface area contributed by atoms with Crippen LogP contribution in [0.2, 0.25) is 0 Å². The average molecular weight is 442 g/mol. The number of hydrogen-bond acceptors (Lipinski definition) is 5. The number of anilines is 1. The van der Waals surface area contributed by atoms with E-state index in [-0.39, 0.29) is 12.6 Å². The van der Waals surface area contributed by atoms with Crippen molar-refractivity contribution in [2.45, 2.75) is 13.5 Å². The van der Waals surface area contributed by atoms with Crippen LogP contribution < -0.4 is 15.0 Å². The number of rotatable bonds is 5. The van der Waals surface area contributed by atoms with Gasteiger partial charge in [-0.2, -0.15) is 5.10 Å². The Labute approximate surface area is 184 Å². The molecule has 0 bridgehead atoms. The molecule has 0 aliphatic carbocycles. The van der Waals surface area contributed by atoms with Crippen molar-refractivity contribution < 1.29 is 18.3 Å². The molecule has 0 spiro atoms. The number of carbonyl (C=O) groups excluding carboxylic acids is 1. The fourth-order valence-corrected chi connectivity index (χ4v) is 3.62. The van der Waals surface area contributed by atoms with Crippen molar-refractivity contribution >= 4 is 11.7 Å². The topological polar surface area (TPSA) is 75.5 Å². The third-order valence-corrected chi connectivity index (χ3v) is 5.38. The van der Waals surface area contributed by atoms with Crippen LogP contribution in [0.4, 0.5) is 19.3 Å². The number of halogens is 2. The minimum absolute atomic E-state index is 0.136. The maximum atomic E-state index is 13.3. The molecule has 4 rings (SSSR count). The Morgan fingerprint density at radius 2 is 1.88 bits per heavy atom. The normalized spacial score (nSPS) is 13.9. The van der Waals surface area contributed by atoms with Gasteiger partial charge in [0.05, 0.1) is 7.11 Å². The SMILES string of the molecule is COc1cc(N2CCN(C(=O)NCc3ccc(F)c(F)c3)CC2)ccc1-n1cnc(C)n1. The molecule has 168 valence electrons. The minimum atomic E-state index is -0.925. The molecule has 2 aromatic carbocycles. The Bertz CT molecular complexity index is 1110. The number of benzene rings is 2. The molecule has 1 fully saturated rings. The van der Waals surface area contributed by atoms with Crippen molar-refractivity contribution in [1.29, 1.82) is 0 Å². The first-order valence-corrected chi connectivity index (χ1v) is 10.2. The molecular weight excluding hydrogens is 418 g/mol. The third-order valence-electron chi connectivity index (χ3n) is 5.38. The maximum Gasteiger partial charge on any atom is 0.317 e. The zero-order valence-corrected chi connectivity index (χ0v) is 17.9. The highest BCUT2D eigenvalue weighted by Crippen LogP contribution is 2.28. The van der Waals surface area contributed by atoms with Gasteiger partial charge in [0.15, 0.2) is 11.6 Å². The van der Waals surface area contributed by atoms with Crippen molar-refractivity contribution in [1.82, 2.24) is 25.0 Å². The van der Waals surface area contributed by atoms with Gasteiger partial charge in [-0.15, -0.1) is 0 Å². The Balaban J connectivity index is 1.34. The lowest BCUT2D eigenvalue weighted by atomic mass is 10.2. The number of carbonyl (C=O) groups is 1. The Morgan fingerprint density at radius 1 is 1.09 bits per heavy atom. The van der Waals surface area contributed by atoms with Gasteiger partial charge in [-0.05, 0) is 36.8 Å². The van der Waals surface area contributed by atoms with E-state index < -0.39 is 11.6 Å². The second-order valence-corrected chi connectivity index (χ2v) is 7.47. The quantitative estimate of drug-likeness (QED) is 0.658. The second-order valence-electron chi connectivity index (χ2n) is 7.47. The summed E-state index contributed by atoms with van der Waals surface area (Å²) >= 11 is 0. The van der Waals surface area contributed by atoms with Crippen molar-refractivity contribution in [2.24, 2.45) is 0 Å². The monoisotopic (exact) mass is 442 g/mol. The molecule has 0 unspecified atom stereocenters. The predicted octanol–water partition coefficient (Wildman–Crippen LogP) is 2.89. The average Bonchev–Trinajstić information content (AvgIpc) is 3.25. The number of hydrogen-bond donors (Lipinski definition) is 1. The smallest absolute Gasteiger partial charge is 0.317 e. The van der Waals surface area contributed by atoms with Crippen LogP contribution in [-0.2, 0) is 6.54 Å². The second kappa shape index (κ2) is 9.21. The fraction of sp³-hybridized carbons (Fsp3) is 0.318. The van der Waals surface area contributed by atoms with Crippen LogP contribution in [0, 0.1) is 18.6 Å². The number of nitrogens with zero attached hydrogens (tertiary/aromatic N) is 5. The molecule has 3 aromatic rings. The van der Waals surface area contributed by atoms with Crippen LogP contribution in [0.1, 0.15) is 11.4 Å². The number of ether oxygens (including phenoxy) is 1. The molecule has 0 radical (unpaired) electrons. The lowest BCUT2D eigenvalue weighted by Crippen LogP contribution is -2.51. The molecule has 1 N–H and O–H groups in total. The van der Waals surface area contributed by atoms with Gasteiger partial charge in [0.25, 0.3) is 0 Å². The van der Waals surface area contributed by atoms with E-state index in [0.717, 1.165) is 23.5 Å². The van der Waals surface area contributed by atoms with Crippen LogP contribution in [0.5, 0.6) is 5.75 Å². The van der Waals surface area contributed by atoms with Crippen molar-refractivity contribution in [3.63, 3.8) is 0 Å². The molecule has 0 atom stereocenters. The number of aryl methyl sites for hydroxylation is 1. The summed E-state index contributed by atoms with van der Waals surface area (Å²) in [5.41, 5.74) is 2.29. The zero-order chi connectivity index (χ0) is 22.7. The maximum absolute atomic E-state index is 13.3. The number of nitrogens with one attached hydrogen (secondary N) is 1. The summed E-state index contributed by atoms with van der Waals surface area (Å²) in [4.78, 5) is 20.5. The van der Waals surface area contributed by atoms with E-state index in [9.17, 15) is 13.6 Å². The summed E-state index contributed by atoms with van der Waals surface area (Å²) < 4.78 is 33.6. The van der Waals surface area contributed by atoms with E-state index in [0.29, 0.717) is 43.3 Å². The minimum Gasteiger partial charge on any atom is -0.494 e. The molecule has 1 aromatic heterocycles. The van der Waals surface area contributed by atoms with Crippen LogP contribution in [0.3, 0.4) is 0 Å². The van der Waals surface area contributed by atoms with E-state index in [2.05, 4.69) is 20.3 Å². The number of aromatic nitrogens is 3. The van der Waals surface area contributed by atoms with Gasteiger partial charge < -0.3 is 19.9 Å². The number of piperazine rings is 1. The molecule has 10 heteroatoms. The Hall–Kier alpha value is -3.69.